The van der Waals surface area contributed by atoms with E-state index in [1.165, 1.54) is 29.5 Å². The smallest absolute Gasteiger partial charge is 0.268 e. The van der Waals surface area contributed by atoms with E-state index < -0.39 is 27.1 Å². The van der Waals surface area contributed by atoms with Crippen LogP contribution in [0.15, 0.2) is 34.2 Å². The molecule has 0 amide bonds. The summed E-state index contributed by atoms with van der Waals surface area (Å²) >= 11 is 2.38. The second-order valence-electron chi connectivity index (χ2n) is 7.42. The fraction of sp³-hybridized carbons (Fsp3) is 0.400. The number of alkyl halides is 3. The summed E-state index contributed by atoms with van der Waals surface area (Å²) < 4.78 is 65.2. The number of hydrogen-bond donors (Lipinski definition) is 0. The van der Waals surface area contributed by atoms with Crippen molar-refractivity contribution in [1.82, 2.24) is 9.55 Å². The Morgan fingerprint density at radius 3 is 2.61 bits per heavy atom. The van der Waals surface area contributed by atoms with Gasteiger partial charge in [-0.05, 0) is 43.4 Å². The summed E-state index contributed by atoms with van der Waals surface area (Å²) in [4.78, 5) is 19.7. The summed E-state index contributed by atoms with van der Waals surface area (Å²) in [6.45, 7) is 0. The molecule has 0 fully saturated rings. The van der Waals surface area contributed by atoms with Crippen LogP contribution in [-0.2, 0) is 28.9 Å². The fourth-order valence-electron chi connectivity index (χ4n) is 3.69. The molecule has 0 saturated carbocycles. The minimum absolute atomic E-state index is 0.0662. The fourth-order valence-corrected chi connectivity index (χ4v) is 7.19. The van der Waals surface area contributed by atoms with Crippen LogP contribution >= 0.6 is 23.1 Å². The number of benzene rings is 1. The van der Waals surface area contributed by atoms with Gasteiger partial charge in [-0.3, -0.25) is 9.36 Å². The second kappa shape index (κ2) is 8.25. The Bertz CT molecular complexity index is 1310. The molecule has 31 heavy (non-hydrogen) atoms. The van der Waals surface area contributed by atoms with Gasteiger partial charge in [0.2, 0.25) is 0 Å². The number of fused-ring (bicyclic) bond motifs is 3. The summed E-state index contributed by atoms with van der Waals surface area (Å²) in [7, 11) is -3.27. The number of aromatic nitrogens is 2. The van der Waals surface area contributed by atoms with Gasteiger partial charge in [-0.2, -0.15) is 13.2 Å². The van der Waals surface area contributed by atoms with E-state index in [0.29, 0.717) is 16.6 Å². The SMILES string of the molecule is CS(=O)(=O)CCSc1nc2sc3c(c2c(=O)n1-c1ccccc1C(F)(F)F)CCCC3. The largest absolute Gasteiger partial charge is 0.418 e. The van der Waals surface area contributed by atoms with Crippen LogP contribution in [0.2, 0.25) is 0 Å². The van der Waals surface area contributed by atoms with Crippen molar-refractivity contribution in [3.05, 3.63) is 50.6 Å². The molecule has 166 valence electrons. The van der Waals surface area contributed by atoms with E-state index in [0.717, 1.165) is 58.4 Å². The number of para-hydroxylation sites is 1. The highest BCUT2D eigenvalue weighted by atomic mass is 32.2. The molecule has 0 spiro atoms. The maximum absolute atomic E-state index is 13.7. The van der Waals surface area contributed by atoms with E-state index >= 15 is 0 Å². The molecule has 0 atom stereocenters. The molecular weight excluding hydrogens is 469 g/mol. The van der Waals surface area contributed by atoms with Crippen LogP contribution in [-0.4, -0.2) is 35.7 Å². The molecular formula is C20H19F3N2O3S3. The van der Waals surface area contributed by atoms with Gasteiger partial charge in [0.15, 0.2) is 5.16 Å². The van der Waals surface area contributed by atoms with Crippen LogP contribution in [0.3, 0.4) is 0 Å². The number of thioether (sulfide) groups is 1. The summed E-state index contributed by atoms with van der Waals surface area (Å²) in [5.41, 5.74) is -0.892. The Labute approximate surface area is 185 Å². The van der Waals surface area contributed by atoms with Gasteiger partial charge >= 0.3 is 6.18 Å². The van der Waals surface area contributed by atoms with Crippen molar-refractivity contribution >= 4 is 43.2 Å². The van der Waals surface area contributed by atoms with Gasteiger partial charge in [0.25, 0.3) is 5.56 Å². The van der Waals surface area contributed by atoms with Gasteiger partial charge in [0.05, 0.1) is 22.4 Å². The zero-order valence-corrected chi connectivity index (χ0v) is 19.0. The number of thiophene rings is 1. The Morgan fingerprint density at radius 1 is 1.19 bits per heavy atom. The molecule has 4 rings (SSSR count). The van der Waals surface area contributed by atoms with E-state index in [1.54, 1.807) is 0 Å². The Morgan fingerprint density at radius 2 is 1.90 bits per heavy atom. The second-order valence-corrected chi connectivity index (χ2v) is 11.8. The molecule has 0 N–H and O–H groups in total. The Balaban J connectivity index is 1.97. The molecule has 1 aliphatic rings. The standard InChI is InChI=1S/C20H19F3N2O3S3/c1-31(27,28)11-10-29-19-24-17-16(12-6-2-5-9-15(12)30-17)18(26)25(19)14-8-4-3-7-13(14)20(21,22)23/h3-4,7-8H,2,5-6,9-11H2,1H3. The molecule has 0 radical (unpaired) electrons. The average molecular weight is 489 g/mol. The highest BCUT2D eigenvalue weighted by molar-refractivity contribution is 8.00. The summed E-state index contributed by atoms with van der Waals surface area (Å²) in [6.07, 6.45) is -0.125. The van der Waals surface area contributed by atoms with Gasteiger partial charge in [0, 0.05) is 16.9 Å². The first kappa shape index (κ1) is 22.3. The predicted molar refractivity (Wildman–Crippen MR) is 117 cm³/mol. The molecule has 11 heteroatoms. The van der Waals surface area contributed by atoms with E-state index in [2.05, 4.69) is 4.98 Å². The van der Waals surface area contributed by atoms with Gasteiger partial charge in [-0.25, -0.2) is 13.4 Å². The van der Waals surface area contributed by atoms with E-state index in [-0.39, 0.29) is 22.3 Å². The summed E-state index contributed by atoms with van der Waals surface area (Å²) in [6, 6.07) is 4.89. The molecule has 2 heterocycles. The van der Waals surface area contributed by atoms with Crippen LogP contribution < -0.4 is 5.56 Å². The normalized spacial score (nSPS) is 14.7. The lowest BCUT2D eigenvalue weighted by molar-refractivity contribution is -0.137. The van der Waals surface area contributed by atoms with Crippen molar-refractivity contribution in [2.45, 2.75) is 37.0 Å². The van der Waals surface area contributed by atoms with Crippen molar-refractivity contribution in [3.63, 3.8) is 0 Å². The van der Waals surface area contributed by atoms with E-state index in [1.807, 2.05) is 0 Å². The first-order chi connectivity index (χ1) is 14.6. The third kappa shape index (κ3) is 4.54. The first-order valence-corrected chi connectivity index (χ1v) is 13.5. The number of hydrogen-bond acceptors (Lipinski definition) is 6. The van der Waals surface area contributed by atoms with Gasteiger partial charge in [0.1, 0.15) is 14.7 Å². The monoisotopic (exact) mass is 488 g/mol. The minimum Gasteiger partial charge on any atom is -0.268 e. The summed E-state index contributed by atoms with van der Waals surface area (Å²) in [5.74, 6) is -0.0938. The van der Waals surface area contributed by atoms with Crippen LogP contribution in [0, 0.1) is 0 Å². The number of halogens is 3. The van der Waals surface area contributed by atoms with Crippen LogP contribution in [0.4, 0.5) is 13.2 Å². The summed E-state index contributed by atoms with van der Waals surface area (Å²) in [5, 5.41) is 0.445. The third-order valence-corrected chi connectivity index (χ3v) is 8.42. The lowest BCUT2D eigenvalue weighted by Crippen LogP contribution is -2.25. The Kier molecular flexibility index (Phi) is 5.95. The molecule has 0 aliphatic heterocycles. The first-order valence-electron chi connectivity index (χ1n) is 9.60. The van der Waals surface area contributed by atoms with Gasteiger partial charge < -0.3 is 0 Å². The molecule has 0 bridgehead atoms. The molecule has 2 aromatic heterocycles. The predicted octanol–water partition coefficient (Wildman–Crippen LogP) is 4.48. The Hall–Kier alpha value is -1.85. The molecule has 1 aromatic carbocycles. The van der Waals surface area contributed by atoms with Crippen LogP contribution in [0.5, 0.6) is 0 Å². The van der Waals surface area contributed by atoms with Gasteiger partial charge in [-0.1, -0.05) is 23.9 Å². The molecule has 1 aliphatic carbocycles. The topological polar surface area (TPSA) is 69.0 Å². The van der Waals surface area contributed by atoms with Crippen molar-refractivity contribution in [2.24, 2.45) is 0 Å². The number of aryl methyl sites for hydroxylation is 2. The van der Waals surface area contributed by atoms with Crippen molar-refractivity contribution in [3.8, 4) is 5.69 Å². The lowest BCUT2D eigenvalue weighted by atomic mass is 9.97. The van der Waals surface area contributed by atoms with Gasteiger partial charge in [-0.15, -0.1) is 11.3 Å². The number of rotatable bonds is 5. The maximum Gasteiger partial charge on any atom is 0.418 e. The molecule has 0 saturated heterocycles. The van der Waals surface area contributed by atoms with Crippen LogP contribution in [0.1, 0.15) is 28.8 Å². The number of nitrogens with zero attached hydrogens (tertiary/aromatic N) is 2. The molecule has 3 aromatic rings. The van der Waals surface area contributed by atoms with Crippen molar-refractivity contribution < 1.29 is 21.6 Å². The molecule has 0 unspecified atom stereocenters. The third-order valence-electron chi connectivity index (χ3n) is 5.09. The van der Waals surface area contributed by atoms with E-state index in [9.17, 15) is 26.4 Å². The quantitative estimate of drug-likeness (QED) is 0.391. The van der Waals surface area contributed by atoms with Crippen molar-refractivity contribution in [1.29, 1.82) is 0 Å². The van der Waals surface area contributed by atoms with E-state index in [4.69, 9.17) is 0 Å². The highest BCUT2D eigenvalue weighted by Crippen LogP contribution is 2.37. The zero-order chi connectivity index (χ0) is 22.4. The maximum atomic E-state index is 13.7. The lowest BCUT2D eigenvalue weighted by Gasteiger charge is -2.17. The zero-order valence-electron chi connectivity index (χ0n) is 16.5. The van der Waals surface area contributed by atoms with Crippen LogP contribution in [0.25, 0.3) is 15.9 Å². The molecule has 5 nitrogen and oxygen atoms in total. The minimum atomic E-state index is -4.66. The van der Waals surface area contributed by atoms with Crippen molar-refractivity contribution in [2.75, 3.05) is 17.8 Å². The number of sulfone groups is 1. The highest BCUT2D eigenvalue weighted by Gasteiger charge is 2.35. The average Bonchev–Trinajstić information content (AvgIpc) is 3.05.